The molecule has 1 atom stereocenters. The number of fused-ring (bicyclic) bond motifs is 1. The van der Waals surface area contributed by atoms with Crippen LogP contribution >= 0.6 is 0 Å². The molecular weight excluding hydrogens is 466 g/mol. The average Bonchev–Trinajstić information content (AvgIpc) is 3.35. The van der Waals surface area contributed by atoms with Crippen molar-refractivity contribution in [1.82, 2.24) is 29.6 Å². The molecule has 0 spiro atoms. The summed E-state index contributed by atoms with van der Waals surface area (Å²) in [6, 6.07) is 20.9. The van der Waals surface area contributed by atoms with E-state index >= 15 is 0 Å². The molecule has 184 valence electrons. The molecule has 0 unspecified atom stereocenters. The Morgan fingerprint density at radius 2 is 1.78 bits per heavy atom. The predicted molar refractivity (Wildman–Crippen MR) is 140 cm³/mol. The van der Waals surface area contributed by atoms with Crippen LogP contribution in [-0.4, -0.2) is 48.6 Å². The standard InChI is InChI=1S/C28H25N7O2/c29-26-24-25(19-10-12-23(13-11-19)37-22-8-2-1-3-9-22)33-35(27(24)32-18-31-26)21-7-5-15-34(17-21)28(36)20-6-4-14-30-16-20/h1-4,6,8-14,16,18,21H,5,7,15,17H2,(H2,29,31,32)/t21-/m1/s1. The zero-order chi connectivity index (χ0) is 25.2. The fourth-order valence-electron chi connectivity index (χ4n) is 4.77. The number of likely N-dealkylation sites (tertiary alicyclic amines) is 1. The van der Waals surface area contributed by atoms with Crippen molar-refractivity contribution in [2.24, 2.45) is 0 Å². The number of pyridine rings is 1. The molecule has 1 fully saturated rings. The summed E-state index contributed by atoms with van der Waals surface area (Å²) in [5.41, 5.74) is 9.15. The molecule has 0 saturated carbocycles. The Hall–Kier alpha value is -4.79. The number of hydrogen-bond donors (Lipinski definition) is 1. The van der Waals surface area contributed by atoms with Crippen molar-refractivity contribution in [3.05, 3.63) is 91.0 Å². The van der Waals surface area contributed by atoms with Gasteiger partial charge in [-0.1, -0.05) is 18.2 Å². The van der Waals surface area contributed by atoms with E-state index in [2.05, 4.69) is 15.0 Å². The number of para-hydroxylation sites is 1. The third-order valence-electron chi connectivity index (χ3n) is 6.56. The summed E-state index contributed by atoms with van der Waals surface area (Å²) in [5, 5.41) is 5.67. The Balaban J connectivity index is 1.32. The SMILES string of the molecule is Nc1ncnc2c1c(-c1ccc(Oc3ccccc3)cc1)nn2[C@@H]1CCCN(C(=O)c2cccnc2)C1. The highest BCUT2D eigenvalue weighted by molar-refractivity contribution is 5.98. The summed E-state index contributed by atoms with van der Waals surface area (Å²) in [7, 11) is 0. The molecule has 2 aromatic carbocycles. The summed E-state index contributed by atoms with van der Waals surface area (Å²) in [4.78, 5) is 27.8. The van der Waals surface area contributed by atoms with Gasteiger partial charge in [0.15, 0.2) is 5.65 Å². The van der Waals surface area contributed by atoms with Crippen molar-refractivity contribution in [3.63, 3.8) is 0 Å². The molecule has 37 heavy (non-hydrogen) atoms. The Morgan fingerprint density at radius 1 is 0.973 bits per heavy atom. The molecule has 9 nitrogen and oxygen atoms in total. The lowest BCUT2D eigenvalue weighted by molar-refractivity contribution is 0.0674. The minimum atomic E-state index is -0.0411. The van der Waals surface area contributed by atoms with Gasteiger partial charge >= 0.3 is 0 Å². The highest BCUT2D eigenvalue weighted by Crippen LogP contribution is 2.35. The van der Waals surface area contributed by atoms with Crippen molar-refractivity contribution in [2.75, 3.05) is 18.8 Å². The Bertz CT molecular complexity index is 1540. The predicted octanol–water partition coefficient (Wildman–Crippen LogP) is 4.74. The molecule has 1 aliphatic heterocycles. The van der Waals surface area contributed by atoms with Crippen LogP contribution in [0.15, 0.2) is 85.5 Å². The van der Waals surface area contributed by atoms with Crippen LogP contribution in [-0.2, 0) is 0 Å². The lowest BCUT2D eigenvalue weighted by atomic mass is 10.0. The van der Waals surface area contributed by atoms with E-state index in [-0.39, 0.29) is 11.9 Å². The lowest BCUT2D eigenvalue weighted by Gasteiger charge is -2.33. The van der Waals surface area contributed by atoms with Gasteiger partial charge in [-0.05, 0) is 61.4 Å². The van der Waals surface area contributed by atoms with Gasteiger partial charge in [0.25, 0.3) is 5.91 Å². The van der Waals surface area contributed by atoms with Crippen molar-refractivity contribution in [1.29, 1.82) is 0 Å². The van der Waals surface area contributed by atoms with Gasteiger partial charge in [-0.3, -0.25) is 9.78 Å². The van der Waals surface area contributed by atoms with Crippen molar-refractivity contribution in [2.45, 2.75) is 18.9 Å². The molecule has 1 saturated heterocycles. The molecule has 5 aromatic rings. The number of nitrogens with two attached hydrogens (primary N) is 1. The lowest BCUT2D eigenvalue weighted by Crippen LogP contribution is -2.41. The van der Waals surface area contributed by atoms with Crippen LogP contribution in [0.25, 0.3) is 22.3 Å². The number of anilines is 1. The number of piperidine rings is 1. The Morgan fingerprint density at radius 3 is 2.57 bits per heavy atom. The number of ether oxygens (including phenoxy) is 1. The number of hydrogen-bond acceptors (Lipinski definition) is 7. The first-order chi connectivity index (χ1) is 18.2. The van der Waals surface area contributed by atoms with Crippen LogP contribution in [0.1, 0.15) is 29.2 Å². The maximum Gasteiger partial charge on any atom is 0.255 e. The second-order valence-corrected chi connectivity index (χ2v) is 8.98. The van der Waals surface area contributed by atoms with Crippen LogP contribution in [0.4, 0.5) is 5.82 Å². The maximum atomic E-state index is 13.1. The molecule has 0 radical (unpaired) electrons. The first-order valence-electron chi connectivity index (χ1n) is 12.2. The van der Waals surface area contributed by atoms with E-state index in [0.717, 1.165) is 29.9 Å². The molecule has 3 aromatic heterocycles. The van der Waals surface area contributed by atoms with Crippen molar-refractivity contribution < 1.29 is 9.53 Å². The molecule has 6 rings (SSSR count). The second-order valence-electron chi connectivity index (χ2n) is 8.98. The molecule has 0 aliphatic carbocycles. The third-order valence-corrected chi connectivity index (χ3v) is 6.56. The molecule has 4 heterocycles. The fraction of sp³-hybridized carbons (Fsp3) is 0.179. The summed E-state index contributed by atoms with van der Waals surface area (Å²) >= 11 is 0. The zero-order valence-corrected chi connectivity index (χ0v) is 20.1. The molecule has 1 amide bonds. The highest BCUT2D eigenvalue weighted by atomic mass is 16.5. The van der Waals surface area contributed by atoms with Crippen molar-refractivity contribution >= 4 is 22.8 Å². The van der Waals surface area contributed by atoms with E-state index in [0.29, 0.717) is 41.2 Å². The quantitative estimate of drug-likeness (QED) is 0.378. The number of nitrogen functional groups attached to an aromatic ring is 1. The van der Waals surface area contributed by atoms with Crippen LogP contribution in [0, 0.1) is 0 Å². The largest absolute Gasteiger partial charge is 0.457 e. The van der Waals surface area contributed by atoms with Crippen LogP contribution in [0.2, 0.25) is 0 Å². The fourth-order valence-corrected chi connectivity index (χ4v) is 4.77. The number of aromatic nitrogens is 5. The second kappa shape index (κ2) is 9.69. The van der Waals surface area contributed by atoms with Gasteiger partial charge in [-0.15, -0.1) is 0 Å². The van der Waals surface area contributed by atoms with E-state index in [1.54, 1.807) is 24.5 Å². The smallest absolute Gasteiger partial charge is 0.255 e. The molecular formula is C28H25N7O2. The third kappa shape index (κ3) is 4.47. The van der Waals surface area contributed by atoms with Crippen LogP contribution in [0.5, 0.6) is 11.5 Å². The first-order valence-corrected chi connectivity index (χ1v) is 12.2. The molecule has 0 bridgehead atoms. The number of rotatable bonds is 5. The van der Waals surface area contributed by atoms with Crippen molar-refractivity contribution in [3.8, 4) is 22.8 Å². The topological polar surface area (TPSA) is 112 Å². The van der Waals surface area contributed by atoms with E-state index in [1.807, 2.05) is 64.2 Å². The van der Waals surface area contributed by atoms with Crippen LogP contribution < -0.4 is 10.5 Å². The number of carbonyl (C=O) groups is 1. The number of benzene rings is 2. The van der Waals surface area contributed by atoms with Gasteiger partial charge in [-0.2, -0.15) is 5.10 Å². The van der Waals surface area contributed by atoms with E-state index in [9.17, 15) is 4.79 Å². The first kappa shape index (κ1) is 22.7. The Kier molecular flexibility index (Phi) is 5.94. The molecule has 9 heteroatoms. The van der Waals surface area contributed by atoms with Crippen LogP contribution in [0.3, 0.4) is 0 Å². The molecule has 1 aliphatic rings. The summed E-state index contributed by atoms with van der Waals surface area (Å²) in [6.45, 7) is 1.22. The Labute approximate surface area is 213 Å². The van der Waals surface area contributed by atoms with E-state index < -0.39 is 0 Å². The van der Waals surface area contributed by atoms with Gasteiger partial charge in [0.2, 0.25) is 0 Å². The maximum absolute atomic E-state index is 13.1. The van der Waals surface area contributed by atoms with Gasteiger partial charge in [0, 0.05) is 31.0 Å². The number of carbonyl (C=O) groups excluding carboxylic acids is 1. The minimum Gasteiger partial charge on any atom is -0.457 e. The van der Waals surface area contributed by atoms with Gasteiger partial charge in [-0.25, -0.2) is 14.6 Å². The molecule has 2 N–H and O–H groups in total. The number of amides is 1. The number of nitrogens with zero attached hydrogens (tertiary/aromatic N) is 6. The highest BCUT2D eigenvalue weighted by Gasteiger charge is 2.29. The van der Waals surface area contributed by atoms with Gasteiger partial charge in [0.1, 0.15) is 29.3 Å². The minimum absolute atomic E-state index is 0.0300. The van der Waals surface area contributed by atoms with E-state index in [1.165, 1.54) is 6.33 Å². The normalized spacial score (nSPS) is 15.6. The van der Waals surface area contributed by atoms with Gasteiger partial charge < -0.3 is 15.4 Å². The summed E-state index contributed by atoms with van der Waals surface area (Å²) in [5.74, 6) is 1.83. The zero-order valence-electron chi connectivity index (χ0n) is 20.1. The summed E-state index contributed by atoms with van der Waals surface area (Å²) in [6.07, 6.45) is 6.46. The summed E-state index contributed by atoms with van der Waals surface area (Å²) < 4.78 is 7.84. The van der Waals surface area contributed by atoms with E-state index in [4.69, 9.17) is 15.6 Å². The van der Waals surface area contributed by atoms with Gasteiger partial charge in [0.05, 0.1) is 17.0 Å². The average molecular weight is 492 g/mol. The monoisotopic (exact) mass is 491 g/mol.